The Morgan fingerprint density at radius 2 is 1.48 bits per heavy atom. The highest BCUT2D eigenvalue weighted by molar-refractivity contribution is 9.10. The van der Waals surface area contributed by atoms with Crippen molar-refractivity contribution < 1.29 is 18.0 Å². The topological polar surface area (TPSA) is 86.8 Å². The fourth-order valence-electron chi connectivity index (χ4n) is 5.17. The van der Waals surface area contributed by atoms with Gasteiger partial charge in [0.2, 0.25) is 11.8 Å². The minimum absolute atomic E-state index is 0.0840. The summed E-state index contributed by atoms with van der Waals surface area (Å²) >= 11 is 3.52. The molecule has 0 aliphatic heterocycles. The largest absolute Gasteiger partial charge is 0.352 e. The van der Waals surface area contributed by atoms with Gasteiger partial charge in [-0.15, -0.1) is 0 Å². The Kier molecular flexibility index (Phi) is 11.8. The molecule has 2 amide bonds. The van der Waals surface area contributed by atoms with E-state index >= 15 is 0 Å². The lowest BCUT2D eigenvalue weighted by Gasteiger charge is -2.34. The fourth-order valence-corrected chi connectivity index (χ4v) is 7.08. The first-order valence-electron chi connectivity index (χ1n) is 15.4. The van der Waals surface area contributed by atoms with Crippen molar-refractivity contribution in [3.63, 3.8) is 0 Å². The molecule has 0 radical (unpaired) electrons. The van der Waals surface area contributed by atoms with Gasteiger partial charge in [0.05, 0.1) is 10.6 Å². The molecule has 0 aromatic heterocycles. The summed E-state index contributed by atoms with van der Waals surface area (Å²) < 4.78 is 30.7. The van der Waals surface area contributed by atoms with Crippen LogP contribution in [0.15, 0.2) is 106 Å². The Balaban J connectivity index is 1.84. The third-order valence-corrected chi connectivity index (χ3v) is 10.3. The van der Waals surface area contributed by atoms with Crippen LogP contribution in [0.1, 0.15) is 48.1 Å². The first-order chi connectivity index (χ1) is 21.9. The first kappa shape index (κ1) is 34.9. The van der Waals surface area contributed by atoms with E-state index in [1.165, 1.54) is 9.21 Å². The molecule has 4 aromatic carbocycles. The van der Waals surface area contributed by atoms with Gasteiger partial charge in [0.25, 0.3) is 10.0 Å². The van der Waals surface area contributed by atoms with Gasteiger partial charge in [0.1, 0.15) is 12.6 Å². The number of hydrogen-bond donors (Lipinski definition) is 1. The second-order valence-corrected chi connectivity index (χ2v) is 14.6. The smallest absolute Gasteiger partial charge is 0.264 e. The molecule has 4 aromatic rings. The van der Waals surface area contributed by atoms with Crippen molar-refractivity contribution in [3.8, 4) is 0 Å². The number of anilines is 1. The maximum Gasteiger partial charge on any atom is 0.264 e. The van der Waals surface area contributed by atoms with E-state index in [2.05, 4.69) is 21.2 Å². The monoisotopic (exact) mass is 703 g/mol. The summed E-state index contributed by atoms with van der Waals surface area (Å²) in [6, 6.07) is 28.2. The number of rotatable bonds is 13. The zero-order valence-corrected chi connectivity index (χ0v) is 29.4. The van der Waals surface area contributed by atoms with Crippen molar-refractivity contribution in [1.82, 2.24) is 10.2 Å². The average molecular weight is 705 g/mol. The van der Waals surface area contributed by atoms with Crippen LogP contribution in [-0.2, 0) is 32.6 Å². The highest BCUT2D eigenvalue weighted by atomic mass is 79.9. The number of nitrogens with zero attached hydrogens (tertiary/aromatic N) is 2. The summed E-state index contributed by atoms with van der Waals surface area (Å²) in [4.78, 5) is 30.2. The Morgan fingerprint density at radius 1 is 0.826 bits per heavy atom. The molecule has 0 bridgehead atoms. The SMILES string of the molecule is CCC(C)NC(=O)C(Cc1ccccc1)N(Cc1cccc(Br)c1)C(=O)CN(c1cc(C)ccc1C)S(=O)(=O)c1ccc(C)cc1. The molecular weight excluding hydrogens is 662 g/mol. The molecule has 2 unspecified atom stereocenters. The van der Waals surface area contributed by atoms with E-state index in [1.54, 1.807) is 30.3 Å². The predicted octanol–water partition coefficient (Wildman–Crippen LogP) is 7.12. The zero-order chi connectivity index (χ0) is 33.4. The number of carbonyl (C=O) groups excluding carboxylic acids is 2. The van der Waals surface area contributed by atoms with Gasteiger partial charge in [-0.3, -0.25) is 13.9 Å². The Bertz CT molecular complexity index is 1760. The summed E-state index contributed by atoms with van der Waals surface area (Å²) in [6.45, 7) is 9.13. The molecule has 0 heterocycles. The van der Waals surface area contributed by atoms with Crippen LogP contribution in [-0.4, -0.2) is 43.8 Å². The number of nitrogens with one attached hydrogen (secondary N) is 1. The lowest BCUT2D eigenvalue weighted by molar-refractivity contribution is -0.140. The van der Waals surface area contributed by atoms with E-state index in [1.807, 2.05) is 101 Å². The number of amides is 2. The molecular formula is C37H42BrN3O4S. The fraction of sp³-hybridized carbons (Fsp3) is 0.297. The molecule has 46 heavy (non-hydrogen) atoms. The maximum absolute atomic E-state index is 14.7. The van der Waals surface area contributed by atoms with Crippen LogP contribution in [0.2, 0.25) is 0 Å². The Morgan fingerprint density at radius 3 is 2.13 bits per heavy atom. The second kappa shape index (κ2) is 15.6. The lowest BCUT2D eigenvalue weighted by atomic mass is 10.0. The molecule has 0 spiro atoms. The van der Waals surface area contributed by atoms with Gasteiger partial charge < -0.3 is 10.2 Å². The summed E-state index contributed by atoms with van der Waals surface area (Å²) in [5.74, 6) is -0.780. The molecule has 242 valence electrons. The summed E-state index contributed by atoms with van der Waals surface area (Å²) in [5, 5.41) is 3.07. The molecule has 9 heteroatoms. The van der Waals surface area contributed by atoms with Crippen LogP contribution >= 0.6 is 15.9 Å². The van der Waals surface area contributed by atoms with Crippen molar-refractivity contribution in [2.45, 2.75) is 71.0 Å². The minimum atomic E-state index is -4.17. The lowest BCUT2D eigenvalue weighted by Crippen LogP contribution is -2.54. The maximum atomic E-state index is 14.7. The van der Waals surface area contributed by atoms with Crippen molar-refractivity contribution in [1.29, 1.82) is 0 Å². The van der Waals surface area contributed by atoms with Crippen LogP contribution in [0.25, 0.3) is 0 Å². The number of benzene rings is 4. The Hall–Kier alpha value is -3.95. The van der Waals surface area contributed by atoms with E-state index in [4.69, 9.17) is 0 Å². The molecule has 7 nitrogen and oxygen atoms in total. The van der Waals surface area contributed by atoms with Gasteiger partial charge in [-0.2, -0.15) is 0 Å². The minimum Gasteiger partial charge on any atom is -0.352 e. The van der Waals surface area contributed by atoms with Gasteiger partial charge in [0, 0.05) is 23.5 Å². The van der Waals surface area contributed by atoms with Crippen LogP contribution in [0.3, 0.4) is 0 Å². The summed E-state index contributed by atoms with van der Waals surface area (Å²) in [5.41, 5.74) is 4.60. The normalized spacial score (nSPS) is 12.7. The molecule has 0 fully saturated rings. The van der Waals surface area contributed by atoms with E-state index in [0.717, 1.165) is 33.1 Å². The van der Waals surface area contributed by atoms with Crippen molar-refractivity contribution in [2.75, 3.05) is 10.8 Å². The van der Waals surface area contributed by atoms with Crippen molar-refractivity contribution >= 4 is 43.5 Å². The van der Waals surface area contributed by atoms with Crippen molar-refractivity contribution in [3.05, 3.63) is 129 Å². The number of hydrogen-bond acceptors (Lipinski definition) is 4. The predicted molar refractivity (Wildman–Crippen MR) is 188 cm³/mol. The quantitative estimate of drug-likeness (QED) is 0.161. The van der Waals surface area contributed by atoms with Crippen LogP contribution < -0.4 is 9.62 Å². The van der Waals surface area contributed by atoms with E-state index in [0.29, 0.717) is 11.3 Å². The van der Waals surface area contributed by atoms with Crippen molar-refractivity contribution in [2.24, 2.45) is 0 Å². The third kappa shape index (κ3) is 8.85. The molecule has 1 N–H and O–H groups in total. The number of sulfonamides is 1. The summed E-state index contributed by atoms with van der Waals surface area (Å²) in [7, 11) is -4.17. The van der Waals surface area contributed by atoms with Crippen LogP contribution in [0.4, 0.5) is 5.69 Å². The molecule has 0 saturated heterocycles. The highest BCUT2D eigenvalue weighted by Gasteiger charge is 2.35. The number of halogens is 1. The average Bonchev–Trinajstić information content (AvgIpc) is 3.03. The standard InChI is InChI=1S/C37H42BrN3O4S/c1-6-29(5)39-37(43)35(23-30-11-8-7-9-12-30)40(24-31-13-10-14-32(38)22-31)36(42)25-41(34-21-27(3)15-18-28(34)4)46(44,45)33-19-16-26(2)17-20-33/h7-22,29,35H,6,23-25H2,1-5H3,(H,39,43). The van der Waals surface area contributed by atoms with Gasteiger partial charge in [-0.05, 0) is 86.7 Å². The third-order valence-electron chi connectivity index (χ3n) is 8.04. The van der Waals surface area contributed by atoms with E-state index < -0.39 is 28.5 Å². The molecule has 0 aliphatic rings. The van der Waals surface area contributed by atoms with Gasteiger partial charge in [0.15, 0.2) is 0 Å². The number of aryl methyl sites for hydroxylation is 3. The molecule has 0 aliphatic carbocycles. The first-order valence-corrected chi connectivity index (χ1v) is 17.7. The second-order valence-electron chi connectivity index (χ2n) is 11.8. The van der Waals surface area contributed by atoms with Gasteiger partial charge in [-0.25, -0.2) is 8.42 Å². The molecule has 0 saturated carbocycles. The van der Waals surface area contributed by atoms with E-state index in [-0.39, 0.29) is 29.8 Å². The summed E-state index contributed by atoms with van der Waals surface area (Å²) in [6.07, 6.45) is 0.982. The zero-order valence-electron chi connectivity index (χ0n) is 27.0. The molecule has 4 rings (SSSR count). The van der Waals surface area contributed by atoms with E-state index in [9.17, 15) is 18.0 Å². The highest BCUT2D eigenvalue weighted by Crippen LogP contribution is 2.29. The van der Waals surface area contributed by atoms with Gasteiger partial charge in [-0.1, -0.05) is 95.1 Å². The van der Waals surface area contributed by atoms with Crippen LogP contribution in [0, 0.1) is 20.8 Å². The Labute approximate surface area is 281 Å². The number of carbonyl (C=O) groups is 2. The molecule has 2 atom stereocenters. The van der Waals surface area contributed by atoms with Crippen LogP contribution in [0.5, 0.6) is 0 Å². The van der Waals surface area contributed by atoms with Gasteiger partial charge >= 0.3 is 0 Å².